The van der Waals surface area contributed by atoms with Crippen molar-refractivity contribution in [2.24, 2.45) is 11.1 Å². The Bertz CT molecular complexity index is 373. The first-order valence-corrected chi connectivity index (χ1v) is 7.11. The number of carbonyl (C=O) groups is 1. The summed E-state index contributed by atoms with van der Waals surface area (Å²) in [6.07, 6.45) is 0. The van der Waals surface area contributed by atoms with E-state index < -0.39 is 6.04 Å². The molecule has 0 radical (unpaired) electrons. The first-order chi connectivity index (χ1) is 8.41. The third-order valence-electron chi connectivity index (χ3n) is 2.63. The lowest BCUT2D eigenvalue weighted by molar-refractivity contribution is -0.124. The van der Waals surface area contributed by atoms with Gasteiger partial charge in [0.25, 0.3) is 0 Å². The topological polar surface area (TPSA) is 55.1 Å². The molecule has 3 nitrogen and oxygen atoms in total. The van der Waals surface area contributed by atoms with Crippen LogP contribution in [0.4, 0.5) is 0 Å². The molecule has 1 aromatic rings. The van der Waals surface area contributed by atoms with Gasteiger partial charge in [-0.2, -0.15) is 0 Å². The van der Waals surface area contributed by atoms with Gasteiger partial charge < -0.3 is 11.1 Å². The van der Waals surface area contributed by atoms with E-state index in [9.17, 15) is 4.79 Å². The van der Waals surface area contributed by atoms with Gasteiger partial charge in [-0.15, -0.1) is 11.8 Å². The Morgan fingerprint density at radius 3 is 2.50 bits per heavy atom. The summed E-state index contributed by atoms with van der Waals surface area (Å²) < 4.78 is 0. The monoisotopic (exact) mass is 266 g/mol. The summed E-state index contributed by atoms with van der Waals surface area (Å²) in [7, 11) is 0. The predicted octanol–water partition coefficient (Wildman–Crippen LogP) is 2.27. The second-order valence-corrected chi connectivity index (χ2v) is 6.46. The average molecular weight is 266 g/mol. The Balaban J connectivity index is 2.24. The molecule has 18 heavy (non-hydrogen) atoms. The molecule has 1 aromatic carbocycles. The highest BCUT2D eigenvalue weighted by molar-refractivity contribution is 7.99. The van der Waals surface area contributed by atoms with Gasteiger partial charge in [-0.05, 0) is 17.5 Å². The van der Waals surface area contributed by atoms with Gasteiger partial charge >= 0.3 is 0 Å². The van der Waals surface area contributed by atoms with E-state index in [4.69, 9.17) is 5.73 Å². The maximum atomic E-state index is 11.8. The van der Waals surface area contributed by atoms with Crippen LogP contribution in [0.25, 0.3) is 0 Å². The number of rotatable bonds is 5. The molecule has 100 valence electrons. The largest absolute Gasteiger partial charge is 0.354 e. The van der Waals surface area contributed by atoms with Gasteiger partial charge in [0.15, 0.2) is 0 Å². The summed E-state index contributed by atoms with van der Waals surface area (Å²) >= 11 is 1.73. The van der Waals surface area contributed by atoms with Crippen molar-refractivity contribution < 1.29 is 4.79 Å². The molecule has 0 unspecified atom stereocenters. The van der Waals surface area contributed by atoms with Crippen LogP contribution in [0.3, 0.4) is 0 Å². The van der Waals surface area contributed by atoms with Crippen molar-refractivity contribution in [1.82, 2.24) is 5.32 Å². The first kappa shape index (κ1) is 15.1. The van der Waals surface area contributed by atoms with E-state index in [0.717, 1.165) is 5.75 Å². The summed E-state index contributed by atoms with van der Waals surface area (Å²) in [4.78, 5) is 13.0. The molecule has 0 heterocycles. The number of nitrogens with one attached hydrogen (secondary N) is 1. The molecule has 3 N–H and O–H groups in total. The molecule has 4 heteroatoms. The predicted molar refractivity (Wildman–Crippen MR) is 77.6 cm³/mol. The Morgan fingerprint density at radius 2 is 1.94 bits per heavy atom. The molecule has 0 aliphatic heterocycles. The highest BCUT2D eigenvalue weighted by atomic mass is 32.2. The minimum absolute atomic E-state index is 0.0730. The van der Waals surface area contributed by atoms with Gasteiger partial charge in [0.05, 0.1) is 6.04 Å². The van der Waals surface area contributed by atoms with Crippen LogP contribution in [-0.2, 0) is 4.79 Å². The van der Waals surface area contributed by atoms with Gasteiger partial charge in [-0.1, -0.05) is 39.0 Å². The molecule has 0 fully saturated rings. The van der Waals surface area contributed by atoms with E-state index in [1.54, 1.807) is 11.8 Å². The van der Waals surface area contributed by atoms with E-state index in [2.05, 4.69) is 17.4 Å². The first-order valence-electron chi connectivity index (χ1n) is 6.12. The summed E-state index contributed by atoms with van der Waals surface area (Å²) in [5.41, 5.74) is 5.67. The smallest absolute Gasteiger partial charge is 0.237 e. The number of amides is 1. The number of thioether (sulfide) groups is 1. The van der Waals surface area contributed by atoms with Crippen LogP contribution in [0.5, 0.6) is 0 Å². The quantitative estimate of drug-likeness (QED) is 0.635. The molecule has 1 rings (SSSR count). The van der Waals surface area contributed by atoms with E-state index >= 15 is 0 Å². The summed E-state index contributed by atoms with van der Waals surface area (Å²) in [5.74, 6) is 0.781. The number of benzene rings is 1. The fourth-order valence-corrected chi connectivity index (χ4v) is 2.15. The van der Waals surface area contributed by atoms with Crippen molar-refractivity contribution >= 4 is 17.7 Å². The second-order valence-electron chi connectivity index (χ2n) is 5.30. The minimum atomic E-state index is -0.459. The second kappa shape index (κ2) is 6.81. The fraction of sp³-hybridized carbons (Fsp3) is 0.500. The SMILES string of the molecule is CC(C)(C)[C@@H](N)C(=O)NCCSc1ccccc1. The molecule has 0 aliphatic carbocycles. The standard InChI is InChI=1S/C14H22N2OS/c1-14(2,3)12(15)13(17)16-9-10-18-11-7-5-4-6-8-11/h4-8,12H,9-10,15H2,1-3H3,(H,16,17)/t12-/m0/s1. The highest BCUT2D eigenvalue weighted by Crippen LogP contribution is 2.18. The van der Waals surface area contributed by atoms with E-state index in [1.807, 2.05) is 39.0 Å². The molecule has 1 atom stereocenters. The zero-order valence-corrected chi connectivity index (χ0v) is 12.1. The molecule has 0 aromatic heterocycles. The maximum absolute atomic E-state index is 11.8. The number of nitrogens with two attached hydrogens (primary N) is 1. The third kappa shape index (κ3) is 5.10. The summed E-state index contributed by atoms with van der Waals surface area (Å²) in [6, 6.07) is 9.68. The lowest BCUT2D eigenvalue weighted by Gasteiger charge is -2.25. The molecule has 0 saturated heterocycles. The van der Waals surface area contributed by atoms with Crippen molar-refractivity contribution in [3.8, 4) is 0 Å². The van der Waals surface area contributed by atoms with E-state index in [0.29, 0.717) is 6.54 Å². The number of carbonyl (C=O) groups excluding carboxylic acids is 1. The zero-order valence-electron chi connectivity index (χ0n) is 11.3. The molecule has 0 aliphatic rings. The number of hydrogen-bond donors (Lipinski definition) is 2. The summed E-state index contributed by atoms with van der Waals surface area (Å²) in [5, 5.41) is 2.87. The Labute approximate surface area is 114 Å². The lowest BCUT2D eigenvalue weighted by atomic mass is 9.87. The summed E-state index contributed by atoms with van der Waals surface area (Å²) in [6.45, 7) is 6.55. The minimum Gasteiger partial charge on any atom is -0.354 e. The molecular weight excluding hydrogens is 244 g/mol. The van der Waals surface area contributed by atoms with Crippen molar-refractivity contribution in [3.05, 3.63) is 30.3 Å². The molecule has 0 bridgehead atoms. The van der Waals surface area contributed by atoms with Crippen LogP contribution >= 0.6 is 11.8 Å². The van der Waals surface area contributed by atoms with Gasteiger partial charge in [0.2, 0.25) is 5.91 Å². The van der Waals surface area contributed by atoms with Crippen molar-refractivity contribution in [1.29, 1.82) is 0 Å². The van der Waals surface area contributed by atoms with Crippen LogP contribution in [0.2, 0.25) is 0 Å². The van der Waals surface area contributed by atoms with Crippen molar-refractivity contribution in [3.63, 3.8) is 0 Å². The van der Waals surface area contributed by atoms with Crippen LogP contribution in [0.15, 0.2) is 35.2 Å². The van der Waals surface area contributed by atoms with Crippen LogP contribution in [-0.4, -0.2) is 24.2 Å². The number of hydrogen-bond acceptors (Lipinski definition) is 3. The Kier molecular flexibility index (Phi) is 5.69. The van der Waals surface area contributed by atoms with Crippen LogP contribution in [0, 0.1) is 5.41 Å². The van der Waals surface area contributed by atoms with Gasteiger partial charge in [0.1, 0.15) is 0 Å². The van der Waals surface area contributed by atoms with Crippen molar-refractivity contribution in [2.75, 3.05) is 12.3 Å². The molecule has 0 saturated carbocycles. The normalized spacial score (nSPS) is 13.1. The average Bonchev–Trinajstić information content (AvgIpc) is 2.33. The molecular formula is C14H22N2OS. The lowest BCUT2D eigenvalue weighted by Crippen LogP contribution is -2.49. The van der Waals surface area contributed by atoms with E-state index in [-0.39, 0.29) is 11.3 Å². The van der Waals surface area contributed by atoms with E-state index in [1.165, 1.54) is 4.90 Å². The third-order valence-corrected chi connectivity index (χ3v) is 3.64. The van der Waals surface area contributed by atoms with Crippen LogP contribution in [0.1, 0.15) is 20.8 Å². The van der Waals surface area contributed by atoms with Gasteiger partial charge in [-0.3, -0.25) is 4.79 Å². The molecule has 1 amide bonds. The highest BCUT2D eigenvalue weighted by Gasteiger charge is 2.26. The van der Waals surface area contributed by atoms with Gasteiger partial charge in [0, 0.05) is 17.2 Å². The molecule has 0 spiro atoms. The van der Waals surface area contributed by atoms with Crippen molar-refractivity contribution in [2.45, 2.75) is 31.7 Å². The Morgan fingerprint density at radius 1 is 1.33 bits per heavy atom. The van der Waals surface area contributed by atoms with Gasteiger partial charge in [-0.25, -0.2) is 0 Å². The zero-order chi connectivity index (χ0) is 13.6. The van der Waals surface area contributed by atoms with Crippen LogP contribution < -0.4 is 11.1 Å². The maximum Gasteiger partial charge on any atom is 0.237 e. The Hall–Kier alpha value is -1.00. The fourth-order valence-electron chi connectivity index (χ4n) is 1.36.